The average Bonchev–Trinajstić information content (AvgIpc) is 3.25. The summed E-state index contributed by atoms with van der Waals surface area (Å²) in [6, 6.07) is 12.0. The Hall–Kier alpha value is -3.02. The van der Waals surface area contributed by atoms with Crippen molar-refractivity contribution in [2.24, 2.45) is 0 Å². The van der Waals surface area contributed by atoms with Crippen LogP contribution in [0.2, 0.25) is 0 Å². The van der Waals surface area contributed by atoms with Crippen LogP contribution in [0.4, 0.5) is 10.1 Å². The predicted molar refractivity (Wildman–Crippen MR) is 95.3 cm³/mol. The van der Waals surface area contributed by atoms with Gasteiger partial charge < -0.3 is 9.42 Å². The number of aryl methyl sites for hydroxylation is 2. The fourth-order valence-corrected chi connectivity index (χ4v) is 3.23. The second-order valence-electron chi connectivity index (χ2n) is 6.66. The number of nitrogens with zero attached hydrogens (tertiary/aromatic N) is 3. The molecule has 1 unspecified atom stereocenters. The largest absolute Gasteiger partial charge is 0.334 e. The molecule has 1 aliphatic rings. The van der Waals surface area contributed by atoms with E-state index in [0.717, 1.165) is 16.8 Å². The van der Waals surface area contributed by atoms with Crippen molar-refractivity contribution in [3.8, 4) is 11.5 Å². The Kier molecular flexibility index (Phi) is 4.03. The number of halogens is 1. The van der Waals surface area contributed by atoms with Crippen LogP contribution in [0, 0.1) is 19.7 Å². The summed E-state index contributed by atoms with van der Waals surface area (Å²) < 4.78 is 18.4. The van der Waals surface area contributed by atoms with Gasteiger partial charge in [0.25, 0.3) is 5.89 Å². The average molecular weight is 351 g/mol. The number of hydrogen-bond donors (Lipinski definition) is 0. The molecule has 5 nitrogen and oxygen atoms in total. The van der Waals surface area contributed by atoms with E-state index in [9.17, 15) is 9.18 Å². The van der Waals surface area contributed by atoms with Crippen LogP contribution >= 0.6 is 0 Å². The first-order chi connectivity index (χ1) is 12.5. The third-order valence-electron chi connectivity index (χ3n) is 4.68. The molecule has 0 aliphatic carbocycles. The summed E-state index contributed by atoms with van der Waals surface area (Å²) in [5.74, 6) is 0.444. The van der Waals surface area contributed by atoms with E-state index >= 15 is 0 Å². The summed E-state index contributed by atoms with van der Waals surface area (Å²) in [7, 11) is 0. The molecule has 0 bridgehead atoms. The third-order valence-corrected chi connectivity index (χ3v) is 4.68. The lowest BCUT2D eigenvalue weighted by molar-refractivity contribution is -0.117. The van der Waals surface area contributed by atoms with E-state index in [1.807, 2.05) is 32.0 Å². The quantitative estimate of drug-likeness (QED) is 0.715. The first kappa shape index (κ1) is 16.4. The maximum Gasteiger partial charge on any atom is 0.257 e. The minimum Gasteiger partial charge on any atom is -0.334 e. The van der Waals surface area contributed by atoms with Crippen molar-refractivity contribution >= 4 is 11.6 Å². The molecule has 2 heterocycles. The third kappa shape index (κ3) is 2.98. The molecule has 26 heavy (non-hydrogen) atoms. The van der Waals surface area contributed by atoms with Gasteiger partial charge in [-0.25, -0.2) is 4.39 Å². The van der Waals surface area contributed by atoms with Crippen molar-refractivity contribution < 1.29 is 13.7 Å². The lowest BCUT2D eigenvalue weighted by Crippen LogP contribution is -2.25. The Labute approximate surface area is 150 Å². The molecule has 2 aromatic carbocycles. The number of hydrogen-bond acceptors (Lipinski definition) is 4. The summed E-state index contributed by atoms with van der Waals surface area (Å²) >= 11 is 0. The second-order valence-corrected chi connectivity index (χ2v) is 6.66. The standard InChI is InChI=1S/C20H18FN3O2/c1-12-3-4-13(2)17(9-12)24-11-15(10-18(24)25)19-22-20(26-23-19)14-5-7-16(21)8-6-14/h3-9,15H,10-11H2,1-2H3. The van der Waals surface area contributed by atoms with E-state index in [1.165, 1.54) is 12.1 Å². The molecule has 1 atom stereocenters. The maximum atomic E-state index is 13.1. The molecule has 1 aliphatic heterocycles. The summed E-state index contributed by atoms with van der Waals surface area (Å²) in [6.45, 7) is 4.52. The minimum absolute atomic E-state index is 0.0526. The highest BCUT2D eigenvalue weighted by molar-refractivity contribution is 5.97. The van der Waals surface area contributed by atoms with Crippen LogP contribution in [0.15, 0.2) is 47.0 Å². The minimum atomic E-state index is -0.320. The molecule has 6 heteroatoms. The van der Waals surface area contributed by atoms with E-state index in [2.05, 4.69) is 10.1 Å². The molecule has 1 aromatic heterocycles. The molecule has 1 saturated heterocycles. The Morgan fingerprint density at radius 1 is 1.15 bits per heavy atom. The second kappa shape index (κ2) is 6.37. The van der Waals surface area contributed by atoms with E-state index in [1.54, 1.807) is 17.0 Å². The Bertz CT molecular complexity index is 965. The molecule has 132 valence electrons. The molecular formula is C20H18FN3O2. The summed E-state index contributed by atoms with van der Waals surface area (Å²) in [4.78, 5) is 18.7. The van der Waals surface area contributed by atoms with E-state index in [4.69, 9.17) is 4.52 Å². The van der Waals surface area contributed by atoms with Crippen molar-refractivity contribution in [2.75, 3.05) is 11.4 Å². The van der Waals surface area contributed by atoms with Gasteiger partial charge in [-0.3, -0.25) is 4.79 Å². The fraction of sp³-hybridized carbons (Fsp3) is 0.250. The Balaban J connectivity index is 1.58. The first-order valence-electron chi connectivity index (χ1n) is 8.48. The zero-order chi connectivity index (χ0) is 18.3. The molecule has 0 saturated carbocycles. The Morgan fingerprint density at radius 3 is 2.69 bits per heavy atom. The Morgan fingerprint density at radius 2 is 1.92 bits per heavy atom. The summed E-state index contributed by atoms with van der Waals surface area (Å²) in [5.41, 5.74) is 3.75. The van der Waals surface area contributed by atoms with Gasteiger partial charge in [0.15, 0.2) is 5.82 Å². The van der Waals surface area contributed by atoms with Gasteiger partial charge in [0.2, 0.25) is 5.91 Å². The van der Waals surface area contributed by atoms with Gasteiger partial charge in [0.1, 0.15) is 5.82 Å². The van der Waals surface area contributed by atoms with Crippen LogP contribution in [0.5, 0.6) is 0 Å². The normalized spacial score (nSPS) is 17.1. The van der Waals surface area contributed by atoms with Crippen molar-refractivity contribution in [1.82, 2.24) is 10.1 Å². The molecule has 0 radical (unpaired) electrons. The highest BCUT2D eigenvalue weighted by atomic mass is 19.1. The monoisotopic (exact) mass is 351 g/mol. The summed E-state index contributed by atoms with van der Waals surface area (Å²) in [6.07, 6.45) is 0.343. The van der Waals surface area contributed by atoms with Gasteiger partial charge in [0, 0.05) is 30.1 Å². The fourth-order valence-electron chi connectivity index (χ4n) is 3.23. The van der Waals surface area contributed by atoms with Crippen molar-refractivity contribution in [2.45, 2.75) is 26.2 Å². The number of aromatic nitrogens is 2. The van der Waals surface area contributed by atoms with Gasteiger partial charge in [-0.05, 0) is 55.3 Å². The lowest BCUT2D eigenvalue weighted by Gasteiger charge is -2.19. The van der Waals surface area contributed by atoms with Gasteiger partial charge in [-0.2, -0.15) is 4.98 Å². The maximum absolute atomic E-state index is 13.1. The topological polar surface area (TPSA) is 59.2 Å². The number of amides is 1. The number of carbonyl (C=O) groups is 1. The predicted octanol–water partition coefficient (Wildman–Crippen LogP) is 4.01. The van der Waals surface area contributed by atoms with Crippen LogP contribution in [-0.4, -0.2) is 22.6 Å². The number of anilines is 1. The molecular weight excluding hydrogens is 333 g/mol. The van der Waals surface area contributed by atoms with E-state index in [-0.39, 0.29) is 17.6 Å². The number of benzene rings is 2. The van der Waals surface area contributed by atoms with Crippen molar-refractivity contribution in [3.05, 3.63) is 65.2 Å². The van der Waals surface area contributed by atoms with Gasteiger partial charge in [0.05, 0.1) is 0 Å². The highest BCUT2D eigenvalue weighted by Crippen LogP contribution is 2.33. The highest BCUT2D eigenvalue weighted by Gasteiger charge is 2.35. The molecule has 0 N–H and O–H groups in total. The number of rotatable bonds is 3. The smallest absolute Gasteiger partial charge is 0.257 e. The summed E-state index contributed by atoms with van der Waals surface area (Å²) in [5, 5.41) is 4.04. The SMILES string of the molecule is Cc1ccc(C)c(N2CC(c3noc(-c4ccc(F)cc4)n3)CC2=O)c1. The zero-order valence-electron chi connectivity index (χ0n) is 14.6. The van der Waals surface area contributed by atoms with Gasteiger partial charge in [-0.15, -0.1) is 0 Å². The van der Waals surface area contributed by atoms with Crippen molar-refractivity contribution in [3.63, 3.8) is 0 Å². The van der Waals surface area contributed by atoms with Gasteiger partial charge in [-0.1, -0.05) is 17.3 Å². The molecule has 3 aromatic rings. The van der Waals surface area contributed by atoms with Crippen LogP contribution < -0.4 is 4.90 Å². The zero-order valence-corrected chi connectivity index (χ0v) is 14.6. The van der Waals surface area contributed by atoms with E-state index in [0.29, 0.717) is 30.2 Å². The molecule has 1 fully saturated rings. The van der Waals surface area contributed by atoms with Crippen LogP contribution in [0.3, 0.4) is 0 Å². The lowest BCUT2D eigenvalue weighted by atomic mass is 10.1. The van der Waals surface area contributed by atoms with E-state index < -0.39 is 0 Å². The molecule has 0 spiro atoms. The molecule has 1 amide bonds. The van der Waals surface area contributed by atoms with Gasteiger partial charge >= 0.3 is 0 Å². The van der Waals surface area contributed by atoms with Crippen LogP contribution in [0.25, 0.3) is 11.5 Å². The van der Waals surface area contributed by atoms with Crippen molar-refractivity contribution in [1.29, 1.82) is 0 Å². The van der Waals surface area contributed by atoms with Crippen LogP contribution in [0.1, 0.15) is 29.3 Å². The number of carbonyl (C=O) groups excluding carboxylic acids is 1. The molecule has 4 rings (SSSR count). The van der Waals surface area contributed by atoms with Crippen LogP contribution in [-0.2, 0) is 4.79 Å². The first-order valence-corrected chi connectivity index (χ1v) is 8.48.